The third kappa shape index (κ3) is 3.82. The number of carbonyl (C=O) groups is 1. The SMILES string of the molecule is CC(C)CCCCNC(=O)C1(N)CCC1. The second-order valence-corrected chi connectivity index (χ2v) is 5.16. The van der Waals surface area contributed by atoms with E-state index in [-0.39, 0.29) is 5.91 Å². The van der Waals surface area contributed by atoms with Gasteiger partial charge in [0.1, 0.15) is 0 Å². The number of rotatable bonds is 6. The molecule has 0 aromatic rings. The molecule has 1 amide bonds. The summed E-state index contributed by atoms with van der Waals surface area (Å²) in [7, 11) is 0. The maximum Gasteiger partial charge on any atom is 0.240 e. The molecule has 3 N–H and O–H groups in total. The molecule has 0 atom stereocenters. The molecule has 15 heavy (non-hydrogen) atoms. The van der Waals surface area contributed by atoms with Gasteiger partial charge in [0.2, 0.25) is 5.91 Å². The summed E-state index contributed by atoms with van der Waals surface area (Å²) < 4.78 is 0. The van der Waals surface area contributed by atoms with Gasteiger partial charge in [-0.1, -0.05) is 26.7 Å². The lowest BCUT2D eigenvalue weighted by molar-refractivity contribution is -0.129. The van der Waals surface area contributed by atoms with Crippen molar-refractivity contribution >= 4 is 5.91 Å². The van der Waals surface area contributed by atoms with Crippen molar-refractivity contribution in [1.29, 1.82) is 0 Å². The topological polar surface area (TPSA) is 55.1 Å². The van der Waals surface area contributed by atoms with Crippen molar-refractivity contribution in [1.82, 2.24) is 5.32 Å². The van der Waals surface area contributed by atoms with E-state index >= 15 is 0 Å². The van der Waals surface area contributed by atoms with Crippen LogP contribution in [-0.4, -0.2) is 18.0 Å². The summed E-state index contributed by atoms with van der Waals surface area (Å²) in [5, 5.41) is 2.93. The second-order valence-electron chi connectivity index (χ2n) is 5.16. The third-order valence-electron chi connectivity index (χ3n) is 3.19. The smallest absolute Gasteiger partial charge is 0.240 e. The van der Waals surface area contributed by atoms with Gasteiger partial charge in [-0.15, -0.1) is 0 Å². The maximum atomic E-state index is 11.6. The molecule has 0 radical (unpaired) electrons. The molecule has 1 saturated carbocycles. The van der Waals surface area contributed by atoms with E-state index in [0.29, 0.717) is 0 Å². The largest absolute Gasteiger partial charge is 0.355 e. The highest BCUT2D eigenvalue weighted by Gasteiger charge is 2.39. The molecule has 0 saturated heterocycles. The van der Waals surface area contributed by atoms with Crippen LogP contribution in [0.25, 0.3) is 0 Å². The summed E-state index contributed by atoms with van der Waals surface area (Å²) in [6.45, 7) is 5.23. The first-order valence-corrected chi connectivity index (χ1v) is 6.12. The fourth-order valence-corrected chi connectivity index (χ4v) is 1.84. The molecule has 1 fully saturated rings. The van der Waals surface area contributed by atoms with Crippen LogP contribution in [0.4, 0.5) is 0 Å². The summed E-state index contributed by atoms with van der Waals surface area (Å²) in [6.07, 6.45) is 6.30. The molecule has 0 heterocycles. The van der Waals surface area contributed by atoms with E-state index in [4.69, 9.17) is 5.73 Å². The second kappa shape index (κ2) is 5.50. The third-order valence-corrected chi connectivity index (χ3v) is 3.19. The Balaban J connectivity index is 2.02. The van der Waals surface area contributed by atoms with Gasteiger partial charge in [0.25, 0.3) is 0 Å². The number of unbranched alkanes of at least 4 members (excludes halogenated alkanes) is 1. The summed E-state index contributed by atoms with van der Waals surface area (Å²) >= 11 is 0. The quantitative estimate of drug-likeness (QED) is 0.660. The summed E-state index contributed by atoms with van der Waals surface area (Å²) in [6, 6.07) is 0. The van der Waals surface area contributed by atoms with Gasteiger partial charge in [0.05, 0.1) is 5.54 Å². The predicted molar refractivity (Wildman–Crippen MR) is 62.5 cm³/mol. The first kappa shape index (κ1) is 12.5. The Morgan fingerprint density at radius 1 is 1.40 bits per heavy atom. The van der Waals surface area contributed by atoms with Gasteiger partial charge < -0.3 is 11.1 Å². The lowest BCUT2D eigenvalue weighted by Crippen LogP contribution is -2.58. The van der Waals surface area contributed by atoms with E-state index in [2.05, 4.69) is 19.2 Å². The van der Waals surface area contributed by atoms with E-state index in [1.54, 1.807) is 0 Å². The molecule has 3 heteroatoms. The molecule has 0 bridgehead atoms. The van der Waals surface area contributed by atoms with Crippen molar-refractivity contribution in [3.63, 3.8) is 0 Å². The van der Waals surface area contributed by atoms with E-state index in [1.807, 2.05) is 0 Å². The minimum Gasteiger partial charge on any atom is -0.355 e. The molecule has 1 aliphatic rings. The minimum absolute atomic E-state index is 0.0540. The van der Waals surface area contributed by atoms with Crippen LogP contribution in [0.3, 0.4) is 0 Å². The number of carbonyl (C=O) groups excluding carboxylic acids is 1. The molecule has 0 aromatic heterocycles. The summed E-state index contributed by atoms with van der Waals surface area (Å²) in [5.41, 5.74) is 5.37. The first-order chi connectivity index (χ1) is 7.04. The number of hydrogen-bond acceptors (Lipinski definition) is 2. The lowest BCUT2D eigenvalue weighted by atomic mass is 9.77. The van der Waals surface area contributed by atoms with E-state index in [1.165, 1.54) is 12.8 Å². The fourth-order valence-electron chi connectivity index (χ4n) is 1.84. The zero-order valence-corrected chi connectivity index (χ0v) is 10.0. The highest BCUT2D eigenvalue weighted by Crippen LogP contribution is 2.28. The van der Waals surface area contributed by atoms with Crippen LogP contribution in [0.1, 0.15) is 52.4 Å². The van der Waals surface area contributed by atoms with Crippen LogP contribution in [0.15, 0.2) is 0 Å². The Kier molecular flexibility index (Phi) is 4.58. The number of nitrogens with two attached hydrogens (primary N) is 1. The van der Waals surface area contributed by atoms with E-state index in [0.717, 1.165) is 38.1 Å². The standard InChI is InChI=1S/C12H24N2O/c1-10(2)6-3-4-9-14-11(15)12(13)7-5-8-12/h10H,3-9,13H2,1-2H3,(H,14,15). The summed E-state index contributed by atoms with van der Waals surface area (Å²) in [4.78, 5) is 11.6. The summed E-state index contributed by atoms with van der Waals surface area (Å²) in [5.74, 6) is 0.812. The van der Waals surface area contributed by atoms with E-state index in [9.17, 15) is 4.79 Å². The Bertz CT molecular complexity index is 210. The Morgan fingerprint density at radius 2 is 2.07 bits per heavy atom. The van der Waals surface area contributed by atoms with Crippen LogP contribution in [0.2, 0.25) is 0 Å². The van der Waals surface area contributed by atoms with Crippen molar-refractivity contribution in [2.45, 2.75) is 57.9 Å². The molecule has 1 rings (SSSR count). The Hall–Kier alpha value is -0.570. The molecule has 0 spiro atoms. The van der Waals surface area contributed by atoms with Gasteiger partial charge in [0, 0.05) is 6.54 Å². The molecular weight excluding hydrogens is 188 g/mol. The number of hydrogen-bond donors (Lipinski definition) is 2. The molecule has 0 aliphatic heterocycles. The molecular formula is C12H24N2O. The number of amides is 1. The molecule has 88 valence electrons. The average Bonchev–Trinajstić information content (AvgIpc) is 2.12. The fraction of sp³-hybridized carbons (Fsp3) is 0.917. The zero-order chi connectivity index (χ0) is 11.3. The van der Waals surface area contributed by atoms with Crippen LogP contribution in [-0.2, 0) is 4.79 Å². The highest BCUT2D eigenvalue weighted by molar-refractivity contribution is 5.86. The van der Waals surface area contributed by atoms with Crippen molar-refractivity contribution in [2.24, 2.45) is 11.7 Å². The van der Waals surface area contributed by atoms with Gasteiger partial charge in [0.15, 0.2) is 0 Å². The van der Waals surface area contributed by atoms with Crippen LogP contribution < -0.4 is 11.1 Å². The predicted octanol–water partition coefficient (Wildman–Crippen LogP) is 1.81. The molecule has 0 unspecified atom stereocenters. The van der Waals surface area contributed by atoms with Crippen molar-refractivity contribution in [3.05, 3.63) is 0 Å². The first-order valence-electron chi connectivity index (χ1n) is 6.12. The number of nitrogens with one attached hydrogen (secondary N) is 1. The van der Waals surface area contributed by atoms with Crippen molar-refractivity contribution in [3.8, 4) is 0 Å². The van der Waals surface area contributed by atoms with Gasteiger partial charge in [-0.25, -0.2) is 0 Å². The van der Waals surface area contributed by atoms with Crippen molar-refractivity contribution < 1.29 is 4.79 Å². The van der Waals surface area contributed by atoms with Gasteiger partial charge in [-0.2, -0.15) is 0 Å². The van der Waals surface area contributed by atoms with Crippen molar-refractivity contribution in [2.75, 3.05) is 6.54 Å². The van der Waals surface area contributed by atoms with Gasteiger partial charge in [-0.3, -0.25) is 4.79 Å². The van der Waals surface area contributed by atoms with Gasteiger partial charge in [-0.05, 0) is 31.6 Å². The Labute approximate surface area is 92.8 Å². The average molecular weight is 212 g/mol. The normalized spacial score (nSPS) is 18.7. The van der Waals surface area contributed by atoms with Crippen LogP contribution in [0, 0.1) is 5.92 Å². The van der Waals surface area contributed by atoms with Crippen LogP contribution in [0.5, 0.6) is 0 Å². The lowest BCUT2D eigenvalue weighted by Gasteiger charge is -2.36. The maximum absolute atomic E-state index is 11.6. The minimum atomic E-state index is -0.530. The highest BCUT2D eigenvalue weighted by atomic mass is 16.2. The zero-order valence-electron chi connectivity index (χ0n) is 10.0. The monoisotopic (exact) mass is 212 g/mol. The van der Waals surface area contributed by atoms with Gasteiger partial charge >= 0.3 is 0 Å². The molecule has 1 aliphatic carbocycles. The molecule has 0 aromatic carbocycles. The molecule has 3 nitrogen and oxygen atoms in total. The van der Waals surface area contributed by atoms with Crippen LogP contribution >= 0.6 is 0 Å². The van der Waals surface area contributed by atoms with E-state index < -0.39 is 5.54 Å². The Morgan fingerprint density at radius 3 is 2.53 bits per heavy atom.